The summed E-state index contributed by atoms with van der Waals surface area (Å²) in [6, 6.07) is 9.36. The highest BCUT2D eigenvalue weighted by molar-refractivity contribution is 5.80. The zero-order chi connectivity index (χ0) is 25.5. The first kappa shape index (κ1) is 25.4. The summed E-state index contributed by atoms with van der Waals surface area (Å²) in [6.45, 7) is -0.236. The first-order valence-electron chi connectivity index (χ1n) is 12.1. The topological polar surface area (TPSA) is 126 Å². The van der Waals surface area contributed by atoms with Crippen LogP contribution in [0.5, 0.6) is 0 Å². The number of carbonyl (C=O) groups is 2. The maximum absolute atomic E-state index is 13.3. The van der Waals surface area contributed by atoms with Crippen molar-refractivity contribution < 1.29 is 19.1 Å². The molecule has 2 aromatic heterocycles. The van der Waals surface area contributed by atoms with Crippen LogP contribution in [0.4, 0.5) is 0 Å². The summed E-state index contributed by atoms with van der Waals surface area (Å²) in [5.41, 5.74) is -0.0974. The minimum Gasteiger partial charge on any atom is -0.454 e. The molecular formula is C25H31N5O6. The third kappa shape index (κ3) is 5.91. The SMILES string of the molecule is COCCn1cnc2c1c(=O)n(CC(=O)OCC(=O)NC1CCCCC1)c(=O)n2Cc1ccccc1. The number of nitrogens with zero attached hydrogens (tertiary/aromatic N) is 4. The van der Waals surface area contributed by atoms with Crippen molar-refractivity contribution in [2.24, 2.45) is 0 Å². The maximum atomic E-state index is 13.3. The van der Waals surface area contributed by atoms with E-state index in [0.29, 0.717) is 13.2 Å². The third-order valence-corrected chi connectivity index (χ3v) is 6.33. The van der Waals surface area contributed by atoms with Crippen molar-refractivity contribution in [3.05, 3.63) is 63.1 Å². The van der Waals surface area contributed by atoms with Crippen molar-refractivity contribution in [2.75, 3.05) is 20.3 Å². The number of methoxy groups -OCH3 is 1. The highest BCUT2D eigenvalue weighted by Crippen LogP contribution is 2.17. The van der Waals surface area contributed by atoms with E-state index in [1.54, 1.807) is 11.7 Å². The normalized spacial score (nSPS) is 14.1. The Balaban J connectivity index is 1.57. The number of amides is 1. The number of nitrogens with one attached hydrogen (secondary N) is 1. The van der Waals surface area contributed by atoms with Gasteiger partial charge < -0.3 is 19.4 Å². The van der Waals surface area contributed by atoms with Crippen molar-refractivity contribution in [1.29, 1.82) is 0 Å². The Morgan fingerprint density at radius 3 is 2.56 bits per heavy atom. The molecule has 36 heavy (non-hydrogen) atoms. The molecule has 1 N–H and O–H groups in total. The van der Waals surface area contributed by atoms with E-state index in [4.69, 9.17) is 9.47 Å². The van der Waals surface area contributed by atoms with E-state index >= 15 is 0 Å². The highest BCUT2D eigenvalue weighted by atomic mass is 16.5. The van der Waals surface area contributed by atoms with Gasteiger partial charge in [0.05, 0.1) is 19.5 Å². The molecule has 0 aliphatic heterocycles. The molecule has 1 aliphatic rings. The van der Waals surface area contributed by atoms with Crippen molar-refractivity contribution in [2.45, 2.75) is 57.8 Å². The number of fused-ring (bicyclic) bond motifs is 1. The standard InChI is InChI=1S/C25H31N5O6/c1-35-13-12-28-17-26-23-22(28)24(33)30(25(34)29(23)14-18-8-4-2-5-9-18)15-21(32)36-16-20(31)27-19-10-6-3-7-11-19/h2,4-5,8-9,17,19H,3,6-7,10-16H2,1H3,(H,27,31). The van der Waals surface area contributed by atoms with Gasteiger partial charge >= 0.3 is 11.7 Å². The van der Waals surface area contributed by atoms with Gasteiger partial charge in [0.2, 0.25) is 0 Å². The molecule has 1 saturated carbocycles. The van der Waals surface area contributed by atoms with Crippen molar-refractivity contribution >= 4 is 23.0 Å². The molecular weight excluding hydrogens is 466 g/mol. The third-order valence-electron chi connectivity index (χ3n) is 6.33. The van der Waals surface area contributed by atoms with Crippen LogP contribution in [0.1, 0.15) is 37.7 Å². The number of rotatable bonds is 10. The molecule has 1 fully saturated rings. The van der Waals surface area contributed by atoms with E-state index in [9.17, 15) is 19.2 Å². The van der Waals surface area contributed by atoms with Gasteiger partial charge in [-0.15, -0.1) is 0 Å². The second-order valence-corrected chi connectivity index (χ2v) is 8.91. The molecule has 0 bridgehead atoms. The molecule has 11 heteroatoms. The van der Waals surface area contributed by atoms with Gasteiger partial charge in [0.15, 0.2) is 17.8 Å². The molecule has 0 atom stereocenters. The van der Waals surface area contributed by atoms with Crippen LogP contribution >= 0.6 is 0 Å². The molecule has 1 aliphatic carbocycles. The number of hydrogen-bond acceptors (Lipinski definition) is 7. The average Bonchev–Trinajstić information content (AvgIpc) is 3.32. The molecule has 0 spiro atoms. The summed E-state index contributed by atoms with van der Waals surface area (Å²) >= 11 is 0. The number of imidazole rings is 1. The fourth-order valence-electron chi connectivity index (χ4n) is 4.48. The number of benzene rings is 1. The number of aromatic nitrogens is 4. The van der Waals surface area contributed by atoms with E-state index in [2.05, 4.69) is 10.3 Å². The lowest BCUT2D eigenvalue weighted by Crippen LogP contribution is -2.43. The minimum atomic E-state index is -0.846. The molecule has 0 radical (unpaired) electrons. The molecule has 0 unspecified atom stereocenters. The highest BCUT2D eigenvalue weighted by Gasteiger charge is 2.21. The summed E-state index contributed by atoms with van der Waals surface area (Å²) < 4.78 is 14.0. The van der Waals surface area contributed by atoms with E-state index < -0.39 is 36.3 Å². The maximum Gasteiger partial charge on any atom is 0.333 e. The van der Waals surface area contributed by atoms with Gasteiger partial charge in [-0.1, -0.05) is 49.6 Å². The Kier molecular flexibility index (Phi) is 8.32. The predicted octanol–water partition coefficient (Wildman–Crippen LogP) is 1.05. The Labute approximate surface area is 207 Å². The van der Waals surface area contributed by atoms with Crippen LogP contribution in [0.3, 0.4) is 0 Å². The smallest absolute Gasteiger partial charge is 0.333 e. The second kappa shape index (κ2) is 11.8. The summed E-state index contributed by atoms with van der Waals surface area (Å²) in [7, 11) is 1.54. The van der Waals surface area contributed by atoms with E-state index in [-0.39, 0.29) is 23.8 Å². The molecule has 192 valence electrons. The van der Waals surface area contributed by atoms with Crippen LogP contribution in [0, 0.1) is 0 Å². The van der Waals surface area contributed by atoms with Crippen molar-refractivity contribution in [3.63, 3.8) is 0 Å². The fourth-order valence-corrected chi connectivity index (χ4v) is 4.48. The van der Waals surface area contributed by atoms with E-state index in [0.717, 1.165) is 42.2 Å². The Bertz CT molecular complexity index is 1320. The minimum absolute atomic E-state index is 0.0903. The van der Waals surface area contributed by atoms with Crippen LogP contribution in [-0.2, 0) is 38.7 Å². The molecule has 3 aromatic rings. The molecule has 0 saturated heterocycles. The lowest BCUT2D eigenvalue weighted by atomic mass is 9.95. The van der Waals surface area contributed by atoms with E-state index in [1.807, 2.05) is 30.3 Å². The first-order chi connectivity index (χ1) is 17.5. The van der Waals surface area contributed by atoms with Crippen LogP contribution in [-0.4, -0.2) is 56.9 Å². The molecule has 2 heterocycles. The van der Waals surface area contributed by atoms with Crippen molar-refractivity contribution in [3.8, 4) is 0 Å². The molecule has 4 rings (SSSR count). The van der Waals surface area contributed by atoms with Gasteiger partial charge in [0.1, 0.15) is 6.54 Å². The number of esters is 1. The first-order valence-corrected chi connectivity index (χ1v) is 12.1. The number of ether oxygens (including phenoxy) is 2. The second-order valence-electron chi connectivity index (χ2n) is 8.91. The fraction of sp³-hybridized carbons (Fsp3) is 0.480. The summed E-state index contributed by atoms with van der Waals surface area (Å²) in [6.07, 6.45) is 6.58. The Hall–Kier alpha value is -3.73. The lowest BCUT2D eigenvalue weighted by molar-refractivity contribution is -0.149. The van der Waals surface area contributed by atoms with Crippen LogP contribution in [0.25, 0.3) is 11.2 Å². The van der Waals surface area contributed by atoms with Gasteiger partial charge in [-0.25, -0.2) is 14.3 Å². The number of hydrogen-bond donors (Lipinski definition) is 1. The molecule has 11 nitrogen and oxygen atoms in total. The average molecular weight is 498 g/mol. The Morgan fingerprint density at radius 1 is 1.08 bits per heavy atom. The largest absolute Gasteiger partial charge is 0.454 e. The zero-order valence-corrected chi connectivity index (χ0v) is 20.4. The monoisotopic (exact) mass is 497 g/mol. The van der Waals surface area contributed by atoms with Gasteiger partial charge in [0, 0.05) is 19.7 Å². The van der Waals surface area contributed by atoms with E-state index in [1.165, 1.54) is 10.9 Å². The number of carbonyl (C=O) groups excluding carboxylic acids is 2. The summed E-state index contributed by atoms with van der Waals surface area (Å²) in [5, 5.41) is 2.87. The lowest BCUT2D eigenvalue weighted by Gasteiger charge is -2.22. The predicted molar refractivity (Wildman–Crippen MR) is 132 cm³/mol. The summed E-state index contributed by atoms with van der Waals surface area (Å²) in [4.78, 5) is 55.7. The van der Waals surface area contributed by atoms with Gasteiger partial charge in [-0.05, 0) is 18.4 Å². The van der Waals surface area contributed by atoms with Gasteiger partial charge in [-0.2, -0.15) is 0 Å². The zero-order valence-electron chi connectivity index (χ0n) is 20.4. The van der Waals surface area contributed by atoms with Crippen LogP contribution in [0.2, 0.25) is 0 Å². The quantitative estimate of drug-likeness (QED) is 0.415. The van der Waals surface area contributed by atoms with Gasteiger partial charge in [0.25, 0.3) is 11.5 Å². The summed E-state index contributed by atoms with van der Waals surface area (Å²) in [5.74, 6) is -1.24. The van der Waals surface area contributed by atoms with Crippen LogP contribution in [0.15, 0.2) is 46.2 Å². The molecule has 1 amide bonds. The van der Waals surface area contributed by atoms with Gasteiger partial charge in [-0.3, -0.25) is 19.0 Å². The Morgan fingerprint density at radius 2 is 1.83 bits per heavy atom. The molecule has 1 aromatic carbocycles. The van der Waals surface area contributed by atoms with Crippen LogP contribution < -0.4 is 16.6 Å². The van der Waals surface area contributed by atoms with Crippen molar-refractivity contribution in [1.82, 2.24) is 24.0 Å².